The van der Waals surface area contributed by atoms with Crippen molar-refractivity contribution in [2.45, 2.75) is 0 Å². The van der Waals surface area contributed by atoms with Crippen molar-refractivity contribution in [2.75, 3.05) is 32.7 Å². The minimum atomic E-state index is -0.471. The number of halogens is 1. The molecule has 2 aromatic rings. The van der Waals surface area contributed by atoms with Gasteiger partial charge in [-0.1, -0.05) is 15.9 Å². The van der Waals surface area contributed by atoms with E-state index in [0.29, 0.717) is 41.8 Å². The van der Waals surface area contributed by atoms with Crippen LogP contribution in [0.4, 0.5) is 0 Å². The first-order valence-corrected chi connectivity index (χ1v) is 9.51. The first kappa shape index (κ1) is 18.4. The molecule has 0 aliphatic carbocycles. The van der Waals surface area contributed by atoms with Crippen LogP contribution < -0.4 is 0 Å². The van der Waals surface area contributed by atoms with Crippen LogP contribution >= 0.6 is 15.9 Å². The van der Waals surface area contributed by atoms with Gasteiger partial charge < -0.3 is 14.2 Å². The number of furan rings is 1. The number of rotatable bonds is 3. The molecule has 0 N–H and O–H groups in total. The molecule has 0 radical (unpaired) electrons. The van der Waals surface area contributed by atoms with E-state index in [-0.39, 0.29) is 24.1 Å². The van der Waals surface area contributed by atoms with Crippen molar-refractivity contribution in [3.05, 3.63) is 58.0 Å². The molecule has 0 spiro atoms. The molecule has 1 aromatic heterocycles. The van der Waals surface area contributed by atoms with Crippen LogP contribution in [0.3, 0.4) is 0 Å². The molecule has 3 heterocycles. The quantitative estimate of drug-likeness (QED) is 0.669. The number of hydrogen-bond donors (Lipinski definition) is 0. The van der Waals surface area contributed by atoms with Crippen molar-refractivity contribution in [1.29, 1.82) is 0 Å². The lowest BCUT2D eigenvalue weighted by molar-refractivity contribution is -0.132. The topological polar surface area (TPSA) is 91.1 Å². The van der Waals surface area contributed by atoms with Crippen molar-refractivity contribution in [3.63, 3.8) is 0 Å². The Morgan fingerprint density at radius 2 is 1.64 bits per heavy atom. The number of hydrogen-bond acceptors (Lipinski definition) is 5. The van der Waals surface area contributed by atoms with Gasteiger partial charge in [0.25, 0.3) is 17.7 Å². The summed E-state index contributed by atoms with van der Waals surface area (Å²) in [6, 6.07) is 8.08. The van der Waals surface area contributed by atoms with E-state index in [1.165, 1.54) is 6.26 Å². The molecule has 9 heteroatoms. The average molecular weight is 446 g/mol. The van der Waals surface area contributed by atoms with Crippen LogP contribution in [0, 0.1) is 0 Å². The van der Waals surface area contributed by atoms with Crippen molar-refractivity contribution in [2.24, 2.45) is 0 Å². The van der Waals surface area contributed by atoms with E-state index >= 15 is 0 Å². The van der Waals surface area contributed by atoms with E-state index < -0.39 is 11.8 Å². The second kappa shape index (κ2) is 7.23. The van der Waals surface area contributed by atoms with Gasteiger partial charge in [0.05, 0.1) is 17.4 Å². The molecule has 1 aromatic carbocycles. The Balaban J connectivity index is 1.37. The number of benzene rings is 1. The standard InChI is InChI=1S/C19H16BrN3O5/c20-12-3-4-13-14(10-12)18(26)23(17(13)25)11-16(24)21-5-7-22(8-6-21)19(27)15-2-1-9-28-15/h1-4,9-10H,5-8,11H2. The number of piperazine rings is 1. The number of amides is 4. The Kier molecular flexibility index (Phi) is 4.76. The van der Waals surface area contributed by atoms with Crippen LogP contribution in [-0.4, -0.2) is 71.1 Å². The van der Waals surface area contributed by atoms with Gasteiger partial charge in [-0.2, -0.15) is 0 Å². The first-order chi connectivity index (χ1) is 13.5. The normalized spacial score (nSPS) is 16.5. The third-order valence-corrected chi connectivity index (χ3v) is 5.37. The summed E-state index contributed by atoms with van der Waals surface area (Å²) in [7, 11) is 0. The minimum absolute atomic E-state index is 0.219. The third kappa shape index (κ3) is 3.22. The molecule has 0 saturated carbocycles. The van der Waals surface area contributed by atoms with Crippen molar-refractivity contribution < 1.29 is 23.6 Å². The summed E-state index contributed by atoms with van der Waals surface area (Å²) < 4.78 is 5.81. The summed E-state index contributed by atoms with van der Waals surface area (Å²) in [5.41, 5.74) is 0.593. The van der Waals surface area contributed by atoms with Crippen molar-refractivity contribution >= 4 is 39.6 Å². The minimum Gasteiger partial charge on any atom is -0.459 e. The molecule has 0 bridgehead atoms. The van der Waals surface area contributed by atoms with E-state index in [4.69, 9.17) is 4.42 Å². The van der Waals surface area contributed by atoms with Gasteiger partial charge in [0.1, 0.15) is 6.54 Å². The van der Waals surface area contributed by atoms with Crippen molar-refractivity contribution in [1.82, 2.24) is 14.7 Å². The Morgan fingerprint density at radius 3 is 2.32 bits per heavy atom. The molecular formula is C19H16BrN3O5. The van der Waals surface area contributed by atoms with Crippen LogP contribution in [0.25, 0.3) is 0 Å². The molecule has 1 saturated heterocycles. The van der Waals surface area contributed by atoms with Crippen LogP contribution in [0.5, 0.6) is 0 Å². The Morgan fingerprint density at radius 1 is 0.964 bits per heavy atom. The fourth-order valence-electron chi connectivity index (χ4n) is 3.36. The molecule has 8 nitrogen and oxygen atoms in total. The highest BCUT2D eigenvalue weighted by Crippen LogP contribution is 2.26. The van der Waals surface area contributed by atoms with Crippen LogP contribution in [0.1, 0.15) is 31.3 Å². The van der Waals surface area contributed by atoms with Crippen LogP contribution in [0.15, 0.2) is 45.5 Å². The zero-order valence-corrected chi connectivity index (χ0v) is 16.3. The zero-order valence-electron chi connectivity index (χ0n) is 14.8. The summed E-state index contributed by atoms with van der Waals surface area (Å²) in [4.78, 5) is 54.0. The molecule has 0 unspecified atom stereocenters. The maximum atomic E-state index is 12.6. The van der Waals surface area contributed by atoms with Gasteiger partial charge >= 0.3 is 0 Å². The number of fused-ring (bicyclic) bond motifs is 1. The Bertz CT molecular complexity index is 964. The number of carbonyl (C=O) groups excluding carboxylic acids is 4. The maximum Gasteiger partial charge on any atom is 0.289 e. The second-order valence-corrected chi connectivity index (χ2v) is 7.45. The van der Waals surface area contributed by atoms with Gasteiger partial charge in [-0.05, 0) is 30.3 Å². The number of carbonyl (C=O) groups is 4. The van der Waals surface area contributed by atoms with E-state index in [0.717, 1.165) is 4.90 Å². The Labute approximate surface area is 168 Å². The molecule has 144 valence electrons. The van der Waals surface area contributed by atoms with Gasteiger partial charge in [-0.25, -0.2) is 0 Å². The number of nitrogens with zero attached hydrogens (tertiary/aromatic N) is 3. The second-order valence-electron chi connectivity index (χ2n) is 6.54. The van der Waals surface area contributed by atoms with E-state index in [1.54, 1.807) is 40.1 Å². The monoisotopic (exact) mass is 445 g/mol. The predicted octanol–water partition coefficient (Wildman–Crippen LogP) is 1.62. The van der Waals surface area contributed by atoms with Gasteiger partial charge in [0.15, 0.2) is 5.76 Å². The molecule has 2 aliphatic rings. The highest BCUT2D eigenvalue weighted by atomic mass is 79.9. The maximum absolute atomic E-state index is 12.6. The predicted molar refractivity (Wildman–Crippen MR) is 101 cm³/mol. The van der Waals surface area contributed by atoms with Crippen LogP contribution in [0.2, 0.25) is 0 Å². The lowest BCUT2D eigenvalue weighted by Gasteiger charge is -2.34. The highest BCUT2D eigenvalue weighted by Gasteiger charge is 2.38. The molecular weight excluding hydrogens is 430 g/mol. The fourth-order valence-corrected chi connectivity index (χ4v) is 3.72. The third-order valence-electron chi connectivity index (χ3n) is 4.88. The smallest absolute Gasteiger partial charge is 0.289 e. The van der Waals surface area contributed by atoms with E-state index in [2.05, 4.69) is 15.9 Å². The summed E-state index contributed by atoms with van der Waals surface area (Å²) in [6.07, 6.45) is 1.44. The summed E-state index contributed by atoms with van der Waals surface area (Å²) >= 11 is 3.28. The molecule has 1 fully saturated rings. The first-order valence-electron chi connectivity index (χ1n) is 8.72. The SMILES string of the molecule is O=C(CN1C(=O)c2ccc(Br)cc2C1=O)N1CCN(C(=O)c2ccco2)CC1. The molecule has 2 aliphatic heterocycles. The van der Waals surface area contributed by atoms with Gasteiger partial charge in [-0.3, -0.25) is 24.1 Å². The molecule has 28 heavy (non-hydrogen) atoms. The fraction of sp³-hybridized carbons (Fsp3) is 0.263. The molecule has 0 atom stereocenters. The van der Waals surface area contributed by atoms with Gasteiger partial charge in [-0.15, -0.1) is 0 Å². The zero-order chi connectivity index (χ0) is 19.8. The van der Waals surface area contributed by atoms with E-state index in [1.807, 2.05) is 0 Å². The number of imide groups is 1. The summed E-state index contributed by atoms with van der Waals surface area (Å²) in [6.45, 7) is 1.08. The van der Waals surface area contributed by atoms with E-state index in [9.17, 15) is 19.2 Å². The molecule has 4 amide bonds. The Hall–Kier alpha value is -2.94. The highest BCUT2D eigenvalue weighted by molar-refractivity contribution is 9.10. The van der Waals surface area contributed by atoms with Crippen molar-refractivity contribution in [3.8, 4) is 0 Å². The lowest BCUT2D eigenvalue weighted by atomic mass is 10.1. The van der Waals surface area contributed by atoms with Gasteiger partial charge in [0, 0.05) is 30.7 Å². The average Bonchev–Trinajstić information content (AvgIpc) is 3.31. The van der Waals surface area contributed by atoms with Crippen LogP contribution in [-0.2, 0) is 4.79 Å². The lowest BCUT2D eigenvalue weighted by Crippen LogP contribution is -2.53. The summed E-state index contributed by atoms with van der Waals surface area (Å²) in [5, 5.41) is 0. The van der Waals surface area contributed by atoms with Gasteiger partial charge in [0.2, 0.25) is 5.91 Å². The largest absolute Gasteiger partial charge is 0.459 e. The molecule has 4 rings (SSSR count). The summed E-state index contributed by atoms with van der Waals surface area (Å²) in [5.74, 6) is -1.22.